The van der Waals surface area contributed by atoms with Crippen molar-refractivity contribution in [3.63, 3.8) is 0 Å². The lowest BCUT2D eigenvalue weighted by Crippen LogP contribution is -2.62. The first-order valence-electron chi connectivity index (χ1n) is 7.64. The summed E-state index contributed by atoms with van der Waals surface area (Å²) in [5.74, 6) is 2.31. The molecule has 4 heteroatoms. The van der Waals surface area contributed by atoms with Gasteiger partial charge in [0.2, 0.25) is 0 Å². The number of rotatable bonds is 7. The molecule has 0 spiro atoms. The third kappa shape index (κ3) is 3.43. The summed E-state index contributed by atoms with van der Waals surface area (Å²) in [4.78, 5) is 0. The van der Waals surface area contributed by atoms with Crippen molar-refractivity contribution in [2.24, 2.45) is 5.41 Å². The number of ether oxygens (including phenoxy) is 3. The minimum absolute atomic E-state index is 0.130. The highest BCUT2D eigenvalue weighted by molar-refractivity contribution is 5.42. The van der Waals surface area contributed by atoms with Crippen molar-refractivity contribution >= 4 is 0 Å². The minimum Gasteiger partial charge on any atom is -0.496 e. The molecule has 21 heavy (non-hydrogen) atoms. The van der Waals surface area contributed by atoms with Crippen LogP contribution in [0, 0.1) is 5.41 Å². The molecule has 0 aliphatic heterocycles. The van der Waals surface area contributed by atoms with Crippen LogP contribution in [0.1, 0.15) is 33.6 Å². The summed E-state index contributed by atoms with van der Waals surface area (Å²) in [6, 6.07) is 6.19. The minimum atomic E-state index is 0.130. The van der Waals surface area contributed by atoms with E-state index < -0.39 is 0 Å². The average molecular weight is 293 g/mol. The van der Waals surface area contributed by atoms with Crippen LogP contribution in [-0.2, 0) is 0 Å². The maximum atomic E-state index is 6.16. The standard InChI is InChI=1S/C17H27NO3/c1-6-7-18-15-11-16(17(15,2)3)21-14-9-12(19-4)8-13(10-14)20-5/h8-10,15-16,18H,6-7,11H2,1-5H3. The molecular formula is C17H27NO3. The predicted octanol–water partition coefficient (Wildman–Crippen LogP) is 3.25. The Hall–Kier alpha value is -1.42. The SMILES string of the molecule is CCCNC1CC(Oc2cc(OC)cc(OC)c2)C1(C)C. The Morgan fingerprint density at radius 1 is 1.10 bits per heavy atom. The van der Waals surface area contributed by atoms with Gasteiger partial charge in [-0.05, 0) is 13.0 Å². The van der Waals surface area contributed by atoms with Gasteiger partial charge < -0.3 is 19.5 Å². The zero-order valence-corrected chi connectivity index (χ0v) is 13.7. The smallest absolute Gasteiger partial charge is 0.127 e. The van der Waals surface area contributed by atoms with Crippen LogP contribution in [0.5, 0.6) is 17.2 Å². The molecule has 0 saturated heterocycles. The summed E-state index contributed by atoms with van der Waals surface area (Å²) in [5.41, 5.74) is 0.130. The number of nitrogens with one attached hydrogen (secondary N) is 1. The van der Waals surface area contributed by atoms with Gasteiger partial charge in [-0.1, -0.05) is 20.8 Å². The van der Waals surface area contributed by atoms with Gasteiger partial charge in [-0.15, -0.1) is 0 Å². The second kappa shape index (κ2) is 6.56. The van der Waals surface area contributed by atoms with Crippen LogP contribution >= 0.6 is 0 Å². The Labute approximate surface area is 127 Å². The van der Waals surface area contributed by atoms with E-state index in [1.165, 1.54) is 0 Å². The normalized spacial score (nSPS) is 23.3. The molecule has 4 nitrogen and oxygen atoms in total. The first-order chi connectivity index (χ1) is 10.0. The molecule has 0 heterocycles. The van der Waals surface area contributed by atoms with Crippen LogP contribution in [0.3, 0.4) is 0 Å². The Morgan fingerprint density at radius 3 is 2.14 bits per heavy atom. The first kappa shape index (κ1) is 16.0. The van der Waals surface area contributed by atoms with E-state index in [0.29, 0.717) is 6.04 Å². The molecule has 2 rings (SSSR count). The molecule has 118 valence electrons. The van der Waals surface area contributed by atoms with Crippen molar-refractivity contribution in [1.82, 2.24) is 5.32 Å². The fourth-order valence-electron chi connectivity index (χ4n) is 2.76. The van der Waals surface area contributed by atoms with E-state index in [2.05, 4.69) is 26.1 Å². The molecule has 1 aromatic carbocycles. The molecule has 1 aromatic rings. The second-order valence-electron chi connectivity index (χ2n) is 6.22. The second-order valence-corrected chi connectivity index (χ2v) is 6.22. The van der Waals surface area contributed by atoms with Gasteiger partial charge in [-0.3, -0.25) is 0 Å². The topological polar surface area (TPSA) is 39.7 Å². The van der Waals surface area contributed by atoms with Crippen molar-refractivity contribution in [3.05, 3.63) is 18.2 Å². The van der Waals surface area contributed by atoms with Gasteiger partial charge in [0.15, 0.2) is 0 Å². The molecule has 2 unspecified atom stereocenters. The van der Waals surface area contributed by atoms with Crippen LogP contribution in [0.2, 0.25) is 0 Å². The number of methoxy groups -OCH3 is 2. The summed E-state index contributed by atoms with van der Waals surface area (Å²) in [6.07, 6.45) is 2.40. The number of hydrogen-bond acceptors (Lipinski definition) is 4. The molecule has 0 aromatic heterocycles. The van der Waals surface area contributed by atoms with Gasteiger partial charge in [0, 0.05) is 36.1 Å². The van der Waals surface area contributed by atoms with Crippen molar-refractivity contribution in [2.75, 3.05) is 20.8 Å². The fraction of sp³-hybridized carbons (Fsp3) is 0.647. The highest BCUT2D eigenvalue weighted by Crippen LogP contribution is 2.43. The summed E-state index contributed by atoms with van der Waals surface area (Å²) in [6.45, 7) is 7.76. The first-order valence-corrected chi connectivity index (χ1v) is 7.64. The van der Waals surface area contributed by atoms with Crippen LogP contribution in [0.15, 0.2) is 18.2 Å². The van der Waals surface area contributed by atoms with Crippen LogP contribution in [0.4, 0.5) is 0 Å². The van der Waals surface area contributed by atoms with Gasteiger partial charge in [0.1, 0.15) is 23.4 Å². The molecule has 1 N–H and O–H groups in total. The molecule has 2 atom stereocenters. The van der Waals surface area contributed by atoms with E-state index in [0.717, 1.165) is 36.6 Å². The van der Waals surface area contributed by atoms with Gasteiger partial charge >= 0.3 is 0 Å². The van der Waals surface area contributed by atoms with E-state index in [1.54, 1.807) is 14.2 Å². The average Bonchev–Trinajstić information content (AvgIpc) is 2.49. The Bertz CT molecular complexity index is 451. The van der Waals surface area contributed by atoms with Gasteiger partial charge in [-0.25, -0.2) is 0 Å². The third-order valence-electron chi connectivity index (χ3n) is 4.42. The van der Waals surface area contributed by atoms with Crippen LogP contribution < -0.4 is 19.5 Å². The maximum Gasteiger partial charge on any atom is 0.127 e. The van der Waals surface area contributed by atoms with E-state index in [1.807, 2.05) is 18.2 Å². The Balaban J connectivity index is 2.03. The molecular weight excluding hydrogens is 266 g/mol. The molecule has 1 aliphatic rings. The fourth-order valence-corrected chi connectivity index (χ4v) is 2.76. The number of hydrogen-bond donors (Lipinski definition) is 1. The lowest BCUT2D eigenvalue weighted by Gasteiger charge is -2.51. The molecule has 1 saturated carbocycles. The van der Waals surface area contributed by atoms with E-state index in [4.69, 9.17) is 14.2 Å². The van der Waals surface area contributed by atoms with Crippen molar-refractivity contribution in [2.45, 2.75) is 45.8 Å². The summed E-state index contributed by atoms with van der Waals surface area (Å²) >= 11 is 0. The number of benzene rings is 1. The van der Waals surface area contributed by atoms with Crippen LogP contribution in [0.25, 0.3) is 0 Å². The lowest BCUT2D eigenvalue weighted by atomic mass is 9.64. The Morgan fingerprint density at radius 2 is 1.67 bits per heavy atom. The summed E-state index contributed by atoms with van der Waals surface area (Å²) in [5, 5.41) is 3.59. The monoisotopic (exact) mass is 293 g/mol. The van der Waals surface area contributed by atoms with Crippen molar-refractivity contribution in [1.29, 1.82) is 0 Å². The van der Waals surface area contributed by atoms with Crippen molar-refractivity contribution < 1.29 is 14.2 Å². The molecule has 1 aliphatic carbocycles. The van der Waals surface area contributed by atoms with E-state index >= 15 is 0 Å². The van der Waals surface area contributed by atoms with Gasteiger partial charge in [-0.2, -0.15) is 0 Å². The van der Waals surface area contributed by atoms with Crippen LogP contribution in [-0.4, -0.2) is 32.9 Å². The summed E-state index contributed by atoms with van der Waals surface area (Å²) in [7, 11) is 3.30. The Kier molecular flexibility index (Phi) is 4.99. The van der Waals surface area contributed by atoms with E-state index in [-0.39, 0.29) is 11.5 Å². The third-order valence-corrected chi connectivity index (χ3v) is 4.42. The molecule has 0 radical (unpaired) electrons. The maximum absolute atomic E-state index is 6.16. The zero-order chi connectivity index (χ0) is 15.5. The van der Waals surface area contributed by atoms with Crippen molar-refractivity contribution in [3.8, 4) is 17.2 Å². The highest BCUT2D eigenvalue weighted by atomic mass is 16.5. The predicted molar refractivity (Wildman–Crippen MR) is 84.4 cm³/mol. The largest absolute Gasteiger partial charge is 0.496 e. The molecule has 0 amide bonds. The lowest BCUT2D eigenvalue weighted by molar-refractivity contribution is -0.0547. The summed E-state index contributed by atoms with van der Waals surface area (Å²) < 4.78 is 16.7. The molecule has 0 bridgehead atoms. The van der Waals surface area contributed by atoms with Gasteiger partial charge in [0.05, 0.1) is 14.2 Å². The quantitative estimate of drug-likeness (QED) is 0.837. The highest BCUT2D eigenvalue weighted by Gasteiger charge is 2.49. The molecule has 1 fully saturated rings. The van der Waals surface area contributed by atoms with E-state index in [9.17, 15) is 0 Å². The van der Waals surface area contributed by atoms with Gasteiger partial charge in [0.25, 0.3) is 0 Å². The zero-order valence-electron chi connectivity index (χ0n) is 13.7.